The van der Waals surface area contributed by atoms with Gasteiger partial charge in [-0.2, -0.15) is 0 Å². The Hall–Kier alpha value is -2.14. The Labute approximate surface area is 308 Å². The number of carbonyl (C=O) groups is 2. The van der Waals surface area contributed by atoms with Crippen molar-refractivity contribution in [3.63, 3.8) is 0 Å². The molecule has 9 atom stereocenters. The van der Waals surface area contributed by atoms with Gasteiger partial charge in [0.25, 0.3) is 0 Å². The first kappa shape index (κ1) is 36.8. The summed E-state index contributed by atoms with van der Waals surface area (Å²) in [7, 11) is 0. The standard InChI is InChI=1S/C42H57F2N2O6/c1-25-17-30(22-46(26(2)47)21-27-18-28(43)20-29(44)19-27)51-36-35(25)39(5)11-12-42-24-41(42)10-9-33(52-34(48)23-45-13-15-50-16-14-45)38(3,4)31(41)7-8-32(42)40(39,6)37(36)49/h18-20,25,31,33,35,37,49H,7-17,21-24H2,1-6H3/t25-,31+,33+,35+,37+,39-,40-,41-,42+/m1/s1. The number of halogens is 2. The van der Waals surface area contributed by atoms with Crippen LogP contribution in [0.1, 0.15) is 98.5 Å². The first-order valence-corrected chi connectivity index (χ1v) is 19.7. The Balaban J connectivity index is 0.990. The number of aliphatic hydroxyl groups is 1. The van der Waals surface area contributed by atoms with Gasteiger partial charge in [-0.1, -0.05) is 34.6 Å². The highest BCUT2D eigenvalue weighted by molar-refractivity contribution is 5.73. The summed E-state index contributed by atoms with van der Waals surface area (Å²) in [5.41, 5.74) is -0.135. The molecule has 3 radical (unpaired) electrons. The van der Waals surface area contributed by atoms with Crippen LogP contribution in [-0.2, 0) is 30.3 Å². The minimum absolute atomic E-state index is 0.0655. The molecule has 5 aliphatic carbocycles. The molecule has 1 N–H and O–H groups in total. The summed E-state index contributed by atoms with van der Waals surface area (Å²) in [5.74, 6) is 0.568. The number of hydrogen-bond acceptors (Lipinski definition) is 7. The molecular formula is C42H57F2N2O6. The van der Waals surface area contributed by atoms with Gasteiger partial charge >= 0.3 is 5.97 Å². The fourth-order valence-corrected chi connectivity index (χ4v) is 13.4. The molecule has 52 heavy (non-hydrogen) atoms. The third kappa shape index (κ3) is 5.37. The van der Waals surface area contributed by atoms with E-state index in [1.165, 1.54) is 25.0 Å². The van der Waals surface area contributed by atoms with Gasteiger partial charge in [0.15, 0.2) is 0 Å². The highest BCUT2D eigenvalue weighted by Gasteiger charge is 2.85. The number of nitrogens with zero attached hydrogens (tertiary/aromatic N) is 2. The SMILES string of the molecule is CC(=O)N(C[C]1C[C@@H](C)[C@H]2[C](O1)[C@H](O)[C@@]1(C)[C]3CC[C@H]4C(C)(C)[C@@H](OC(=O)CN5CCOCC5)CC[C@@]45C[C@@]35CC[C@]21C)Cc1cc(F)cc(F)c1. The molecule has 2 heterocycles. The van der Waals surface area contributed by atoms with E-state index in [1.807, 2.05) is 0 Å². The van der Waals surface area contributed by atoms with E-state index in [0.29, 0.717) is 43.8 Å². The van der Waals surface area contributed by atoms with Crippen molar-refractivity contribution in [3.05, 3.63) is 53.5 Å². The molecule has 2 saturated heterocycles. The van der Waals surface area contributed by atoms with E-state index < -0.39 is 23.2 Å². The van der Waals surface area contributed by atoms with Crippen LogP contribution in [-0.4, -0.2) is 78.4 Å². The van der Waals surface area contributed by atoms with Crippen molar-refractivity contribution in [2.75, 3.05) is 39.4 Å². The largest absolute Gasteiger partial charge is 0.461 e. The van der Waals surface area contributed by atoms with Crippen molar-refractivity contribution < 1.29 is 37.7 Å². The second kappa shape index (κ2) is 12.7. The lowest BCUT2D eigenvalue weighted by atomic mass is 9.41. The number of morpholine rings is 1. The van der Waals surface area contributed by atoms with E-state index in [1.54, 1.807) is 4.90 Å². The number of hydrogen-bond donors (Lipinski definition) is 1. The molecule has 285 valence electrons. The molecule has 1 aromatic rings. The maximum absolute atomic E-state index is 14.0. The lowest BCUT2D eigenvalue weighted by Gasteiger charge is -2.63. The fraction of sp³-hybridized carbons (Fsp3) is 0.738. The summed E-state index contributed by atoms with van der Waals surface area (Å²) in [4.78, 5) is 29.6. The molecule has 0 unspecified atom stereocenters. The van der Waals surface area contributed by atoms with E-state index in [-0.39, 0.29) is 64.6 Å². The van der Waals surface area contributed by atoms with Crippen LogP contribution in [0, 0.1) is 74.6 Å². The molecule has 5 saturated carbocycles. The van der Waals surface area contributed by atoms with Crippen molar-refractivity contribution >= 4 is 11.9 Å². The molecular weight excluding hydrogens is 666 g/mol. The minimum atomic E-state index is -0.768. The number of fused-ring (bicyclic) bond motifs is 4. The molecule has 8 nitrogen and oxygen atoms in total. The summed E-state index contributed by atoms with van der Waals surface area (Å²) >= 11 is 0. The van der Waals surface area contributed by atoms with Crippen molar-refractivity contribution in [1.82, 2.24) is 9.80 Å². The zero-order chi connectivity index (χ0) is 37.0. The molecule has 8 rings (SSSR count). The molecule has 2 spiro atoms. The van der Waals surface area contributed by atoms with Gasteiger partial charge in [-0.25, -0.2) is 8.78 Å². The predicted molar refractivity (Wildman–Crippen MR) is 189 cm³/mol. The van der Waals surface area contributed by atoms with Gasteiger partial charge in [0.05, 0.1) is 32.4 Å². The molecule has 0 bridgehead atoms. The van der Waals surface area contributed by atoms with E-state index in [4.69, 9.17) is 14.2 Å². The van der Waals surface area contributed by atoms with E-state index in [2.05, 4.69) is 39.5 Å². The van der Waals surface area contributed by atoms with Gasteiger partial charge in [-0.15, -0.1) is 0 Å². The summed E-state index contributed by atoms with van der Waals surface area (Å²) in [5, 5.41) is 12.5. The highest BCUT2D eigenvalue weighted by atomic mass is 19.1. The molecule has 7 aliphatic rings. The normalized spacial score (nSPS) is 41.6. The third-order valence-electron chi connectivity index (χ3n) is 15.9. The average Bonchev–Trinajstić information content (AvgIpc) is 3.70. The van der Waals surface area contributed by atoms with Gasteiger partial charge < -0.3 is 24.2 Å². The summed E-state index contributed by atoms with van der Waals surface area (Å²) in [6, 6.07) is 3.34. The quantitative estimate of drug-likeness (QED) is 0.315. The van der Waals surface area contributed by atoms with E-state index in [0.717, 1.165) is 70.2 Å². The predicted octanol–water partition coefficient (Wildman–Crippen LogP) is 6.66. The summed E-state index contributed by atoms with van der Waals surface area (Å²) < 4.78 is 46.4. The number of ether oxygens (including phenoxy) is 3. The number of amides is 1. The van der Waals surface area contributed by atoms with Crippen molar-refractivity contribution in [1.29, 1.82) is 0 Å². The molecule has 0 aromatic heterocycles. The lowest BCUT2D eigenvalue weighted by Crippen LogP contribution is -2.59. The zero-order valence-corrected chi connectivity index (χ0v) is 31.9. The Morgan fingerprint density at radius 1 is 1.02 bits per heavy atom. The first-order chi connectivity index (χ1) is 24.6. The van der Waals surface area contributed by atoms with Crippen LogP contribution in [0.3, 0.4) is 0 Å². The Kier molecular flexibility index (Phi) is 8.99. The van der Waals surface area contributed by atoms with Gasteiger partial charge in [0.1, 0.15) is 29.9 Å². The second-order valence-electron chi connectivity index (χ2n) is 18.6. The van der Waals surface area contributed by atoms with Crippen molar-refractivity contribution in [3.8, 4) is 0 Å². The van der Waals surface area contributed by atoms with Gasteiger partial charge in [0, 0.05) is 49.4 Å². The number of benzene rings is 1. The number of carbonyl (C=O) groups excluding carboxylic acids is 2. The van der Waals surface area contributed by atoms with Gasteiger partial charge in [-0.05, 0) is 103 Å². The second-order valence-corrected chi connectivity index (χ2v) is 18.6. The van der Waals surface area contributed by atoms with Crippen LogP contribution in [0.25, 0.3) is 0 Å². The smallest absolute Gasteiger partial charge is 0.320 e. The lowest BCUT2D eigenvalue weighted by molar-refractivity contribution is -0.174. The maximum atomic E-state index is 14.0. The average molecular weight is 724 g/mol. The number of rotatable bonds is 7. The van der Waals surface area contributed by atoms with Crippen LogP contribution in [0.15, 0.2) is 18.2 Å². The topological polar surface area (TPSA) is 88.5 Å². The Morgan fingerprint density at radius 3 is 2.42 bits per heavy atom. The molecule has 10 heteroatoms. The van der Waals surface area contributed by atoms with Gasteiger partial charge in [-0.3, -0.25) is 14.5 Å². The van der Waals surface area contributed by atoms with E-state index in [9.17, 15) is 23.5 Å². The van der Waals surface area contributed by atoms with Crippen LogP contribution < -0.4 is 0 Å². The van der Waals surface area contributed by atoms with Crippen LogP contribution in [0.5, 0.6) is 0 Å². The van der Waals surface area contributed by atoms with Crippen LogP contribution in [0.4, 0.5) is 8.78 Å². The van der Waals surface area contributed by atoms with E-state index >= 15 is 0 Å². The fourth-order valence-electron chi connectivity index (χ4n) is 13.4. The summed E-state index contributed by atoms with van der Waals surface area (Å²) in [6.45, 7) is 16.5. The molecule has 1 amide bonds. The van der Waals surface area contributed by atoms with Crippen LogP contribution >= 0.6 is 0 Å². The van der Waals surface area contributed by atoms with Crippen molar-refractivity contribution in [2.45, 2.75) is 112 Å². The van der Waals surface area contributed by atoms with Crippen LogP contribution in [0.2, 0.25) is 0 Å². The zero-order valence-electron chi connectivity index (χ0n) is 31.9. The third-order valence-corrected chi connectivity index (χ3v) is 15.9. The van der Waals surface area contributed by atoms with Crippen molar-refractivity contribution in [2.24, 2.45) is 44.8 Å². The number of esters is 1. The Bertz CT molecular complexity index is 1560. The minimum Gasteiger partial charge on any atom is -0.461 e. The first-order valence-electron chi connectivity index (χ1n) is 19.7. The monoisotopic (exact) mass is 723 g/mol. The Morgan fingerprint density at radius 2 is 1.73 bits per heavy atom. The maximum Gasteiger partial charge on any atom is 0.320 e. The van der Waals surface area contributed by atoms with Gasteiger partial charge in [0.2, 0.25) is 5.91 Å². The summed E-state index contributed by atoms with van der Waals surface area (Å²) in [6.07, 6.45) is 8.41. The molecule has 7 fully saturated rings. The number of aliphatic hydroxyl groups excluding tert-OH is 1. The molecule has 2 aliphatic heterocycles. The molecule has 1 aromatic carbocycles. The highest BCUT2D eigenvalue weighted by Crippen LogP contribution is 2.90.